The first kappa shape index (κ1) is 15.6. The lowest BCUT2D eigenvalue weighted by molar-refractivity contribution is -0.385. The fourth-order valence-corrected chi connectivity index (χ4v) is 3.01. The molecule has 1 saturated heterocycles. The molecule has 122 valence electrons. The van der Waals surface area contributed by atoms with Crippen LogP contribution in [0.25, 0.3) is 0 Å². The highest BCUT2D eigenvalue weighted by Gasteiger charge is 2.35. The third kappa shape index (κ3) is 2.59. The van der Waals surface area contributed by atoms with Gasteiger partial charge in [-0.2, -0.15) is 5.26 Å². The molecule has 1 amide bonds. The first-order valence-corrected chi connectivity index (χ1v) is 7.38. The molecule has 8 nitrogen and oxygen atoms in total. The minimum Gasteiger partial charge on any atom is -0.489 e. The lowest BCUT2D eigenvalue weighted by atomic mass is 10.1. The summed E-state index contributed by atoms with van der Waals surface area (Å²) in [6.07, 6.45) is 0. The largest absolute Gasteiger partial charge is 0.489 e. The van der Waals surface area contributed by atoms with E-state index in [4.69, 9.17) is 10.00 Å². The van der Waals surface area contributed by atoms with Gasteiger partial charge >= 0.3 is 0 Å². The third-order valence-electron chi connectivity index (χ3n) is 4.14. The Morgan fingerprint density at radius 3 is 2.92 bits per heavy atom. The van der Waals surface area contributed by atoms with Crippen LogP contribution in [0.4, 0.5) is 11.4 Å². The number of nitrogens with zero attached hydrogens (tertiary/aromatic N) is 4. The summed E-state index contributed by atoms with van der Waals surface area (Å²) < 4.78 is 5.64. The summed E-state index contributed by atoms with van der Waals surface area (Å²) in [6.45, 7) is 3.46. The number of nitro benzene ring substituents is 1. The number of benzene rings is 1. The van der Waals surface area contributed by atoms with Gasteiger partial charge in [0.05, 0.1) is 22.7 Å². The van der Waals surface area contributed by atoms with E-state index in [1.54, 1.807) is 11.8 Å². The van der Waals surface area contributed by atoms with E-state index in [2.05, 4.69) is 11.8 Å². The monoisotopic (exact) mass is 326 g/mol. The van der Waals surface area contributed by atoms with Crippen LogP contribution < -0.4 is 9.64 Å². The second-order valence-electron chi connectivity index (χ2n) is 5.49. The standard InChI is InChI=1S/C16H14N4O4/c1-2-3-16(21)18-4-5-19-12(9-18)10-24-15-7-13(20(22)23)11(8-17)6-14(15)19/h6-7,12H,4-5,9-10H2,1H3/t12-/m0/s1. The minimum absolute atomic E-state index is 0.00152. The Kier molecular flexibility index (Phi) is 3.97. The SMILES string of the molecule is CC#CC(=O)N1CCN2c3cc(C#N)c([N+](=O)[O-])cc3OC[C@@H]2C1. The van der Waals surface area contributed by atoms with Gasteiger partial charge in [0.1, 0.15) is 24.0 Å². The quantitative estimate of drug-likeness (QED) is 0.432. The average molecular weight is 326 g/mol. The molecule has 0 radical (unpaired) electrons. The third-order valence-corrected chi connectivity index (χ3v) is 4.14. The Balaban J connectivity index is 1.90. The van der Waals surface area contributed by atoms with E-state index in [-0.39, 0.29) is 23.2 Å². The first-order valence-electron chi connectivity index (χ1n) is 7.38. The number of rotatable bonds is 1. The molecular formula is C16H14N4O4. The summed E-state index contributed by atoms with van der Waals surface area (Å²) in [5, 5.41) is 20.2. The molecule has 0 aliphatic carbocycles. The Hall–Kier alpha value is -3.26. The van der Waals surface area contributed by atoms with E-state index in [1.807, 2.05) is 11.0 Å². The zero-order valence-corrected chi connectivity index (χ0v) is 13.0. The van der Waals surface area contributed by atoms with Crippen molar-refractivity contribution in [2.24, 2.45) is 0 Å². The highest BCUT2D eigenvalue weighted by Crippen LogP contribution is 2.39. The van der Waals surface area contributed by atoms with Crippen molar-refractivity contribution in [3.63, 3.8) is 0 Å². The molecule has 2 aliphatic rings. The summed E-state index contributed by atoms with van der Waals surface area (Å²) in [7, 11) is 0. The van der Waals surface area contributed by atoms with Gasteiger partial charge in [0.2, 0.25) is 0 Å². The van der Waals surface area contributed by atoms with Crippen molar-refractivity contribution in [3.8, 4) is 23.7 Å². The average Bonchev–Trinajstić information content (AvgIpc) is 2.59. The van der Waals surface area contributed by atoms with Crippen molar-refractivity contribution >= 4 is 17.3 Å². The van der Waals surface area contributed by atoms with Gasteiger partial charge < -0.3 is 14.5 Å². The van der Waals surface area contributed by atoms with Crippen LogP contribution in [0.2, 0.25) is 0 Å². The lowest BCUT2D eigenvalue weighted by Gasteiger charge is -2.45. The molecule has 1 atom stereocenters. The van der Waals surface area contributed by atoms with Crippen molar-refractivity contribution in [2.45, 2.75) is 13.0 Å². The van der Waals surface area contributed by atoms with Gasteiger partial charge in [-0.1, -0.05) is 5.92 Å². The van der Waals surface area contributed by atoms with Crippen LogP contribution in [0.5, 0.6) is 5.75 Å². The minimum atomic E-state index is -0.589. The number of anilines is 1. The molecule has 0 unspecified atom stereocenters. The smallest absolute Gasteiger partial charge is 0.298 e. The molecule has 8 heteroatoms. The molecule has 1 aromatic rings. The normalized spacial score (nSPS) is 18.2. The van der Waals surface area contributed by atoms with Gasteiger partial charge in [-0.25, -0.2) is 0 Å². The van der Waals surface area contributed by atoms with Crippen molar-refractivity contribution in [2.75, 3.05) is 31.1 Å². The predicted octanol–water partition coefficient (Wildman–Crippen LogP) is 0.899. The summed E-state index contributed by atoms with van der Waals surface area (Å²) in [5.74, 6) is 5.30. The van der Waals surface area contributed by atoms with Gasteiger partial charge in [-0.3, -0.25) is 14.9 Å². The number of hydrogen-bond acceptors (Lipinski definition) is 6. The summed E-state index contributed by atoms with van der Waals surface area (Å²) in [4.78, 5) is 26.1. The topological polar surface area (TPSA) is 99.7 Å². The van der Waals surface area contributed by atoms with Gasteiger partial charge in [-0.15, -0.1) is 0 Å². The molecular weight excluding hydrogens is 312 g/mol. The summed E-state index contributed by atoms with van der Waals surface area (Å²) in [5.41, 5.74) is 0.391. The number of carbonyl (C=O) groups is 1. The number of carbonyl (C=O) groups excluding carboxylic acids is 1. The highest BCUT2D eigenvalue weighted by molar-refractivity contribution is 5.93. The number of nitro groups is 1. The van der Waals surface area contributed by atoms with Gasteiger partial charge in [-0.05, 0) is 18.9 Å². The van der Waals surface area contributed by atoms with E-state index in [1.165, 1.54) is 12.1 Å². The van der Waals surface area contributed by atoms with Gasteiger partial charge in [0.25, 0.3) is 11.6 Å². The van der Waals surface area contributed by atoms with Crippen LogP contribution in [0.15, 0.2) is 12.1 Å². The summed E-state index contributed by atoms with van der Waals surface area (Å²) in [6, 6.07) is 4.58. The number of piperazine rings is 1. The van der Waals surface area contributed by atoms with E-state index in [9.17, 15) is 14.9 Å². The maximum Gasteiger partial charge on any atom is 0.298 e. The Morgan fingerprint density at radius 1 is 1.46 bits per heavy atom. The number of amides is 1. The molecule has 2 aliphatic heterocycles. The van der Waals surface area contributed by atoms with E-state index >= 15 is 0 Å². The predicted molar refractivity (Wildman–Crippen MR) is 84.5 cm³/mol. The van der Waals surface area contributed by atoms with Gasteiger partial charge in [0, 0.05) is 19.6 Å². The van der Waals surface area contributed by atoms with Crippen molar-refractivity contribution in [1.82, 2.24) is 4.90 Å². The maximum absolute atomic E-state index is 11.9. The zero-order chi connectivity index (χ0) is 17.3. The van der Waals surface area contributed by atoms with Crippen molar-refractivity contribution in [3.05, 3.63) is 27.8 Å². The van der Waals surface area contributed by atoms with E-state index in [0.717, 1.165) is 0 Å². The molecule has 0 saturated carbocycles. The fraction of sp³-hybridized carbons (Fsp3) is 0.375. The van der Waals surface area contributed by atoms with Crippen LogP contribution in [0, 0.1) is 33.3 Å². The Morgan fingerprint density at radius 2 is 2.25 bits per heavy atom. The Labute approximate surface area is 138 Å². The van der Waals surface area contributed by atoms with Crippen LogP contribution in [-0.2, 0) is 4.79 Å². The second-order valence-corrected chi connectivity index (χ2v) is 5.49. The van der Waals surface area contributed by atoms with Gasteiger partial charge in [0.15, 0.2) is 0 Å². The zero-order valence-electron chi connectivity index (χ0n) is 13.0. The molecule has 2 heterocycles. The maximum atomic E-state index is 11.9. The molecule has 0 aromatic heterocycles. The summed E-state index contributed by atoms with van der Waals surface area (Å²) >= 11 is 0. The lowest BCUT2D eigenvalue weighted by Crippen LogP contribution is -2.58. The second kappa shape index (κ2) is 6.09. The molecule has 1 aromatic carbocycles. The molecule has 0 bridgehead atoms. The van der Waals surface area contributed by atoms with Crippen molar-refractivity contribution in [1.29, 1.82) is 5.26 Å². The van der Waals surface area contributed by atoms with Crippen LogP contribution in [-0.4, -0.2) is 48.0 Å². The number of fused-ring (bicyclic) bond motifs is 3. The van der Waals surface area contributed by atoms with Crippen LogP contribution in [0.3, 0.4) is 0 Å². The Bertz CT molecular complexity index is 818. The van der Waals surface area contributed by atoms with Crippen LogP contribution in [0.1, 0.15) is 12.5 Å². The molecule has 1 fully saturated rings. The van der Waals surface area contributed by atoms with E-state index < -0.39 is 4.92 Å². The highest BCUT2D eigenvalue weighted by atomic mass is 16.6. The molecule has 0 N–H and O–H groups in total. The van der Waals surface area contributed by atoms with Crippen molar-refractivity contribution < 1.29 is 14.5 Å². The van der Waals surface area contributed by atoms with E-state index in [0.29, 0.717) is 37.7 Å². The first-order chi connectivity index (χ1) is 11.5. The molecule has 24 heavy (non-hydrogen) atoms. The number of hydrogen-bond donors (Lipinski definition) is 0. The molecule has 3 rings (SSSR count). The molecule has 0 spiro atoms. The number of ether oxygens (including phenoxy) is 1. The number of nitriles is 1. The van der Waals surface area contributed by atoms with Crippen LogP contribution >= 0.6 is 0 Å². The fourth-order valence-electron chi connectivity index (χ4n) is 3.01.